The van der Waals surface area contributed by atoms with Gasteiger partial charge in [0.2, 0.25) is 0 Å². The van der Waals surface area contributed by atoms with E-state index in [9.17, 15) is 4.79 Å². The minimum atomic E-state index is -0.101. The van der Waals surface area contributed by atoms with Gasteiger partial charge in [0.25, 0.3) is 0 Å². The van der Waals surface area contributed by atoms with Crippen LogP contribution in [0.5, 0.6) is 0 Å². The van der Waals surface area contributed by atoms with Crippen LogP contribution in [0.4, 0.5) is 10.5 Å². The zero-order chi connectivity index (χ0) is 12.3. The van der Waals surface area contributed by atoms with Crippen molar-refractivity contribution in [1.29, 1.82) is 0 Å². The molecule has 0 bridgehead atoms. The first-order valence-electron chi connectivity index (χ1n) is 5.57. The molecular formula is C13H15N3O. The third kappa shape index (κ3) is 2.53. The molecule has 0 saturated carbocycles. The fourth-order valence-electron chi connectivity index (χ4n) is 1.52. The quantitative estimate of drug-likeness (QED) is 0.860. The van der Waals surface area contributed by atoms with Gasteiger partial charge in [0.05, 0.1) is 5.52 Å². The minimum Gasteiger partial charge on any atom is -0.328 e. The Morgan fingerprint density at radius 1 is 1.41 bits per heavy atom. The second kappa shape index (κ2) is 4.82. The van der Waals surface area contributed by atoms with Gasteiger partial charge in [0.15, 0.2) is 0 Å². The highest BCUT2D eigenvalue weighted by Crippen LogP contribution is 2.17. The van der Waals surface area contributed by atoms with E-state index in [0.717, 1.165) is 16.6 Å². The van der Waals surface area contributed by atoms with E-state index in [2.05, 4.69) is 10.3 Å². The summed E-state index contributed by atoms with van der Waals surface area (Å²) in [6.45, 7) is 2.62. The Hall–Kier alpha value is -2.10. The van der Waals surface area contributed by atoms with Gasteiger partial charge in [-0.05, 0) is 31.2 Å². The number of nitrogens with one attached hydrogen (secondary N) is 1. The van der Waals surface area contributed by atoms with Gasteiger partial charge in [-0.25, -0.2) is 4.79 Å². The zero-order valence-corrected chi connectivity index (χ0v) is 9.97. The second-order valence-electron chi connectivity index (χ2n) is 3.86. The molecule has 2 amide bonds. The van der Waals surface area contributed by atoms with Crippen LogP contribution in [-0.4, -0.2) is 29.5 Å². The van der Waals surface area contributed by atoms with Gasteiger partial charge in [-0.2, -0.15) is 0 Å². The van der Waals surface area contributed by atoms with Gasteiger partial charge in [-0.15, -0.1) is 0 Å². The van der Waals surface area contributed by atoms with Crippen molar-refractivity contribution in [1.82, 2.24) is 9.88 Å². The van der Waals surface area contributed by atoms with E-state index in [0.29, 0.717) is 6.54 Å². The Morgan fingerprint density at radius 3 is 3.00 bits per heavy atom. The summed E-state index contributed by atoms with van der Waals surface area (Å²) in [5.74, 6) is 0. The number of amides is 2. The van der Waals surface area contributed by atoms with Crippen LogP contribution in [0.2, 0.25) is 0 Å². The van der Waals surface area contributed by atoms with Crippen molar-refractivity contribution in [2.45, 2.75) is 6.92 Å². The molecule has 0 saturated heterocycles. The van der Waals surface area contributed by atoms with E-state index in [1.807, 2.05) is 37.3 Å². The summed E-state index contributed by atoms with van der Waals surface area (Å²) in [5.41, 5.74) is 1.71. The number of carbonyl (C=O) groups is 1. The van der Waals surface area contributed by atoms with E-state index in [1.165, 1.54) is 0 Å². The topological polar surface area (TPSA) is 45.2 Å². The predicted molar refractivity (Wildman–Crippen MR) is 69.1 cm³/mol. The lowest BCUT2D eigenvalue weighted by Gasteiger charge is -2.15. The smallest absolute Gasteiger partial charge is 0.321 e. The predicted octanol–water partition coefficient (Wildman–Crippen LogP) is 2.72. The van der Waals surface area contributed by atoms with Crippen LogP contribution in [-0.2, 0) is 0 Å². The van der Waals surface area contributed by atoms with Crippen molar-refractivity contribution in [2.24, 2.45) is 0 Å². The molecule has 0 aliphatic carbocycles. The molecule has 1 aromatic heterocycles. The van der Waals surface area contributed by atoms with Gasteiger partial charge in [-0.1, -0.05) is 6.07 Å². The molecule has 4 nitrogen and oxygen atoms in total. The third-order valence-electron chi connectivity index (χ3n) is 2.68. The van der Waals surface area contributed by atoms with Crippen molar-refractivity contribution in [3.05, 3.63) is 36.5 Å². The largest absolute Gasteiger partial charge is 0.328 e. The van der Waals surface area contributed by atoms with E-state index >= 15 is 0 Å². The first-order chi connectivity index (χ1) is 8.20. The van der Waals surface area contributed by atoms with E-state index in [-0.39, 0.29) is 6.03 Å². The van der Waals surface area contributed by atoms with E-state index in [1.54, 1.807) is 18.1 Å². The average Bonchev–Trinajstić information content (AvgIpc) is 2.37. The maximum Gasteiger partial charge on any atom is 0.321 e. The highest BCUT2D eigenvalue weighted by Gasteiger charge is 2.06. The fourth-order valence-corrected chi connectivity index (χ4v) is 1.52. The van der Waals surface area contributed by atoms with Crippen molar-refractivity contribution in [2.75, 3.05) is 18.9 Å². The molecular weight excluding hydrogens is 214 g/mol. The molecule has 4 heteroatoms. The Kier molecular flexibility index (Phi) is 3.23. The number of hydrogen-bond acceptors (Lipinski definition) is 2. The molecule has 0 aliphatic heterocycles. The summed E-state index contributed by atoms with van der Waals surface area (Å²) in [6, 6.07) is 9.43. The lowest BCUT2D eigenvalue weighted by Crippen LogP contribution is -2.30. The number of carbonyl (C=O) groups excluding carboxylic acids is 1. The molecule has 0 unspecified atom stereocenters. The van der Waals surface area contributed by atoms with Crippen LogP contribution < -0.4 is 5.32 Å². The van der Waals surface area contributed by atoms with Crippen molar-refractivity contribution < 1.29 is 4.79 Å². The number of hydrogen-bond donors (Lipinski definition) is 1. The zero-order valence-electron chi connectivity index (χ0n) is 9.97. The average molecular weight is 229 g/mol. The molecule has 88 valence electrons. The standard InChI is InChI=1S/C13H15N3O/c1-3-16(2)13(17)15-11-6-7-12-10(9-11)5-4-8-14-12/h4-9H,3H2,1-2H3,(H,15,17). The Labute approximate surface area is 100 Å². The number of urea groups is 1. The van der Waals surface area contributed by atoms with Gasteiger partial charge in [0, 0.05) is 30.9 Å². The molecule has 0 radical (unpaired) electrons. The number of nitrogens with zero attached hydrogens (tertiary/aromatic N) is 2. The lowest BCUT2D eigenvalue weighted by molar-refractivity contribution is 0.224. The van der Waals surface area contributed by atoms with Gasteiger partial charge in [-0.3, -0.25) is 4.98 Å². The number of benzene rings is 1. The highest BCUT2D eigenvalue weighted by atomic mass is 16.2. The van der Waals surface area contributed by atoms with Crippen molar-refractivity contribution in [3.63, 3.8) is 0 Å². The van der Waals surface area contributed by atoms with E-state index in [4.69, 9.17) is 0 Å². The monoisotopic (exact) mass is 229 g/mol. The first kappa shape index (κ1) is 11.4. The summed E-state index contributed by atoms with van der Waals surface area (Å²) < 4.78 is 0. The van der Waals surface area contributed by atoms with Crippen LogP contribution in [0.15, 0.2) is 36.5 Å². The third-order valence-corrected chi connectivity index (χ3v) is 2.68. The Bertz CT molecular complexity index is 539. The van der Waals surface area contributed by atoms with Crippen molar-refractivity contribution in [3.8, 4) is 0 Å². The van der Waals surface area contributed by atoms with Crippen molar-refractivity contribution >= 4 is 22.6 Å². The molecule has 17 heavy (non-hydrogen) atoms. The summed E-state index contributed by atoms with van der Waals surface area (Å²) >= 11 is 0. The lowest BCUT2D eigenvalue weighted by atomic mass is 10.2. The maximum absolute atomic E-state index is 11.7. The second-order valence-corrected chi connectivity index (χ2v) is 3.86. The summed E-state index contributed by atoms with van der Waals surface area (Å²) in [7, 11) is 1.76. The molecule has 0 spiro atoms. The molecule has 0 aliphatic rings. The number of pyridine rings is 1. The number of aromatic nitrogens is 1. The molecule has 2 rings (SSSR count). The van der Waals surface area contributed by atoms with Crippen LogP contribution in [0.3, 0.4) is 0 Å². The Morgan fingerprint density at radius 2 is 2.24 bits per heavy atom. The molecule has 1 heterocycles. The minimum absolute atomic E-state index is 0.101. The summed E-state index contributed by atoms with van der Waals surface area (Å²) in [4.78, 5) is 17.5. The van der Waals surface area contributed by atoms with Gasteiger partial charge >= 0.3 is 6.03 Å². The molecule has 0 atom stereocenters. The Balaban J connectivity index is 2.22. The van der Waals surface area contributed by atoms with Crippen LogP contribution in [0, 0.1) is 0 Å². The highest BCUT2D eigenvalue weighted by molar-refractivity contribution is 5.92. The summed E-state index contributed by atoms with van der Waals surface area (Å²) in [6.07, 6.45) is 1.76. The fraction of sp³-hybridized carbons (Fsp3) is 0.231. The number of fused-ring (bicyclic) bond motifs is 1. The molecule has 0 fully saturated rings. The van der Waals surface area contributed by atoms with E-state index < -0.39 is 0 Å². The van der Waals surface area contributed by atoms with Crippen LogP contribution in [0.1, 0.15) is 6.92 Å². The van der Waals surface area contributed by atoms with Gasteiger partial charge in [0.1, 0.15) is 0 Å². The molecule has 2 aromatic rings. The normalized spacial score (nSPS) is 10.2. The summed E-state index contributed by atoms with van der Waals surface area (Å²) in [5, 5.41) is 3.86. The first-order valence-corrected chi connectivity index (χ1v) is 5.57. The molecule has 1 N–H and O–H groups in total. The maximum atomic E-state index is 11.7. The SMILES string of the molecule is CCN(C)C(=O)Nc1ccc2ncccc2c1. The van der Waals surface area contributed by atoms with Crippen LogP contribution >= 0.6 is 0 Å². The molecule has 1 aromatic carbocycles. The number of anilines is 1. The number of rotatable bonds is 2. The van der Waals surface area contributed by atoms with Gasteiger partial charge < -0.3 is 10.2 Å². The van der Waals surface area contributed by atoms with Crippen LogP contribution in [0.25, 0.3) is 10.9 Å².